The number of benzene rings is 2. The van der Waals surface area contributed by atoms with Crippen LogP contribution in [0.15, 0.2) is 48.5 Å². The molecule has 1 atom stereocenters. The lowest BCUT2D eigenvalue weighted by Gasteiger charge is -2.33. The molecule has 2 aromatic rings. The molecular weight excluding hydrogens is 506 g/mol. The number of hydrogen-bond acceptors (Lipinski definition) is 6. The second-order valence-corrected chi connectivity index (χ2v) is 11.4. The number of nitrogens with zero attached hydrogens (tertiary/aromatic N) is 2. The second kappa shape index (κ2) is 13.5. The monoisotopic (exact) mass is 545 g/mol. The van der Waals surface area contributed by atoms with E-state index in [-0.39, 0.29) is 18.5 Å². The number of anilines is 1. The Kier molecular flexibility index (Phi) is 10.4. The fourth-order valence-corrected chi connectivity index (χ4v) is 5.59. The van der Waals surface area contributed by atoms with E-state index in [9.17, 15) is 18.0 Å². The standard InChI is InChI=1S/C28H39N3O6S/c1-5-26(28(33)29-22-11-7-8-12-22)30(19-21-10-9-13-25(18-21)36-3)27(32)20-31(38(4,34)35)23-14-16-24(17-15-23)37-6-2/h9-10,13-18,22,26H,5-8,11-12,19-20H2,1-4H3,(H,29,33). The van der Waals surface area contributed by atoms with Gasteiger partial charge in [0.2, 0.25) is 21.8 Å². The van der Waals surface area contributed by atoms with E-state index in [0.29, 0.717) is 30.2 Å². The van der Waals surface area contributed by atoms with E-state index in [2.05, 4.69) is 5.32 Å². The Labute approximate surface area is 226 Å². The minimum absolute atomic E-state index is 0.0988. The quantitative estimate of drug-likeness (QED) is 0.411. The van der Waals surface area contributed by atoms with Gasteiger partial charge in [0.25, 0.3) is 0 Å². The summed E-state index contributed by atoms with van der Waals surface area (Å²) < 4.78 is 37.4. The van der Waals surface area contributed by atoms with Gasteiger partial charge in [-0.1, -0.05) is 31.9 Å². The molecule has 1 aliphatic carbocycles. The smallest absolute Gasteiger partial charge is 0.244 e. The maximum Gasteiger partial charge on any atom is 0.244 e. The zero-order valence-electron chi connectivity index (χ0n) is 22.7. The second-order valence-electron chi connectivity index (χ2n) is 9.48. The normalized spacial score (nSPS) is 14.5. The number of carbonyl (C=O) groups excluding carboxylic acids is 2. The third-order valence-corrected chi connectivity index (χ3v) is 7.83. The molecule has 0 saturated heterocycles. The van der Waals surface area contributed by atoms with Gasteiger partial charge in [0, 0.05) is 12.6 Å². The van der Waals surface area contributed by atoms with Crippen molar-refractivity contribution in [2.45, 2.75) is 64.6 Å². The molecule has 9 nitrogen and oxygen atoms in total. The largest absolute Gasteiger partial charge is 0.497 e. The van der Waals surface area contributed by atoms with Crippen LogP contribution >= 0.6 is 0 Å². The van der Waals surface area contributed by atoms with Crippen molar-refractivity contribution in [3.8, 4) is 11.5 Å². The first-order chi connectivity index (χ1) is 18.2. The summed E-state index contributed by atoms with van der Waals surface area (Å²) in [6.45, 7) is 3.89. The summed E-state index contributed by atoms with van der Waals surface area (Å²) in [5, 5.41) is 3.10. The third-order valence-electron chi connectivity index (χ3n) is 6.69. The van der Waals surface area contributed by atoms with Gasteiger partial charge in [0.1, 0.15) is 24.1 Å². The molecule has 2 amide bonds. The highest BCUT2D eigenvalue weighted by Gasteiger charge is 2.33. The van der Waals surface area contributed by atoms with Gasteiger partial charge in [-0.3, -0.25) is 13.9 Å². The number of sulfonamides is 1. The summed E-state index contributed by atoms with van der Waals surface area (Å²) in [5.74, 6) is 0.541. The van der Waals surface area contributed by atoms with Crippen LogP contribution in [0.5, 0.6) is 11.5 Å². The SMILES string of the molecule is CCOc1ccc(N(CC(=O)N(Cc2cccc(OC)c2)C(CC)C(=O)NC2CCCC2)S(C)(=O)=O)cc1. The van der Waals surface area contributed by atoms with Crippen LogP contribution in [0.25, 0.3) is 0 Å². The lowest BCUT2D eigenvalue weighted by Crippen LogP contribution is -2.53. The number of hydrogen-bond donors (Lipinski definition) is 1. The van der Waals surface area contributed by atoms with E-state index in [1.165, 1.54) is 4.90 Å². The summed E-state index contributed by atoms with van der Waals surface area (Å²) in [6.07, 6.45) is 5.43. The van der Waals surface area contributed by atoms with Crippen molar-refractivity contribution in [1.29, 1.82) is 0 Å². The van der Waals surface area contributed by atoms with Gasteiger partial charge in [-0.15, -0.1) is 0 Å². The molecule has 10 heteroatoms. The van der Waals surface area contributed by atoms with Crippen LogP contribution in [0.3, 0.4) is 0 Å². The van der Waals surface area contributed by atoms with Gasteiger partial charge in [-0.25, -0.2) is 8.42 Å². The van der Waals surface area contributed by atoms with Crippen LogP contribution in [-0.2, 0) is 26.2 Å². The van der Waals surface area contributed by atoms with Gasteiger partial charge in [-0.2, -0.15) is 0 Å². The predicted molar refractivity (Wildman–Crippen MR) is 148 cm³/mol. The van der Waals surface area contributed by atoms with Crippen molar-refractivity contribution in [3.05, 3.63) is 54.1 Å². The van der Waals surface area contributed by atoms with Crippen molar-refractivity contribution in [2.24, 2.45) is 0 Å². The molecule has 0 aliphatic heterocycles. The van der Waals surface area contributed by atoms with Gasteiger partial charge in [0.15, 0.2) is 0 Å². The van der Waals surface area contributed by atoms with E-state index < -0.39 is 28.5 Å². The summed E-state index contributed by atoms with van der Waals surface area (Å²) in [7, 11) is -2.24. The van der Waals surface area contributed by atoms with Crippen molar-refractivity contribution in [3.63, 3.8) is 0 Å². The Morgan fingerprint density at radius 3 is 2.32 bits per heavy atom. The minimum Gasteiger partial charge on any atom is -0.497 e. The molecule has 0 radical (unpaired) electrons. The van der Waals surface area contributed by atoms with Gasteiger partial charge in [0.05, 0.1) is 25.7 Å². The molecule has 0 heterocycles. The highest BCUT2D eigenvalue weighted by atomic mass is 32.2. The molecule has 1 aliphatic rings. The zero-order valence-corrected chi connectivity index (χ0v) is 23.5. The Hall–Kier alpha value is -3.27. The lowest BCUT2D eigenvalue weighted by atomic mass is 10.1. The number of carbonyl (C=O) groups is 2. The van der Waals surface area contributed by atoms with E-state index >= 15 is 0 Å². The van der Waals surface area contributed by atoms with Crippen LogP contribution < -0.4 is 19.1 Å². The van der Waals surface area contributed by atoms with Crippen molar-refractivity contribution < 1.29 is 27.5 Å². The number of rotatable bonds is 13. The molecular formula is C28H39N3O6S. The first kappa shape index (κ1) is 29.3. The fraction of sp³-hybridized carbons (Fsp3) is 0.500. The van der Waals surface area contributed by atoms with Crippen LogP contribution in [0.2, 0.25) is 0 Å². The van der Waals surface area contributed by atoms with Crippen LogP contribution in [0, 0.1) is 0 Å². The molecule has 1 N–H and O–H groups in total. The Bertz CT molecular complexity index is 1180. The van der Waals surface area contributed by atoms with E-state index in [1.54, 1.807) is 37.4 Å². The minimum atomic E-state index is -3.80. The van der Waals surface area contributed by atoms with Crippen LogP contribution in [0.1, 0.15) is 51.5 Å². The Morgan fingerprint density at radius 1 is 1.05 bits per heavy atom. The molecule has 38 heavy (non-hydrogen) atoms. The maximum atomic E-state index is 13.8. The first-order valence-corrected chi connectivity index (χ1v) is 14.9. The summed E-state index contributed by atoms with van der Waals surface area (Å²) in [4.78, 5) is 28.7. The van der Waals surface area contributed by atoms with Crippen LogP contribution in [0.4, 0.5) is 5.69 Å². The van der Waals surface area contributed by atoms with Gasteiger partial charge < -0.3 is 19.7 Å². The van der Waals surface area contributed by atoms with E-state index in [0.717, 1.165) is 41.8 Å². The highest BCUT2D eigenvalue weighted by Crippen LogP contribution is 2.24. The molecule has 1 saturated carbocycles. The Balaban J connectivity index is 1.91. The maximum absolute atomic E-state index is 13.8. The molecule has 208 valence electrons. The molecule has 1 unspecified atom stereocenters. The van der Waals surface area contributed by atoms with E-state index in [4.69, 9.17) is 9.47 Å². The summed E-state index contributed by atoms with van der Waals surface area (Å²) >= 11 is 0. The molecule has 0 bridgehead atoms. The third kappa shape index (κ3) is 7.86. The summed E-state index contributed by atoms with van der Waals surface area (Å²) in [6, 6.07) is 13.2. The molecule has 0 spiro atoms. The highest BCUT2D eigenvalue weighted by molar-refractivity contribution is 7.92. The molecule has 2 aromatic carbocycles. The predicted octanol–water partition coefficient (Wildman–Crippen LogP) is 3.73. The number of ether oxygens (including phenoxy) is 2. The van der Waals surface area contributed by atoms with Crippen molar-refractivity contribution in [2.75, 3.05) is 30.8 Å². The van der Waals surface area contributed by atoms with Crippen LogP contribution in [-0.4, -0.2) is 63.7 Å². The topological polar surface area (TPSA) is 105 Å². The fourth-order valence-electron chi connectivity index (χ4n) is 4.74. The number of methoxy groups -OCH3 is 1. The molecule has 1 fully saturated rings. The number of nitrogens with one attached hydrogen (secondary N) is 1. The first-order valence-electron chi connectivity index (χ1n) is 13.1. The average molecular weight is 546 g/mol. The van der Waals surface area contributed by atoms with E-state index in [1.807, 2.05) is 32.0 Å². The van der Waals surface area contributed by atoms with Gasteiger partial charge in [-0.05, 0) is 68.1 Å². The molecule has 3 rings (SSSR count). The Morgan fingerprint density at radius 2 is 1.74 bits per heavy atom. The zero-order chi connectivity index (χ0) is 27.7. The lowest BCUT2D eigenvalue weighted by molar-refractivity contribution is -0.140. The van der Waals surface area contributed by atoms with Crippen molar-refractivity contribution >= 4 is 27.5 Å². The van der Waals surface area contributed by atoms with Gasteiger partial charge >= 0.3 is 0 Å². The summed E-state index contributed by atoms with van der Waals surface area (Å²) in [5.41, 5.74) is 1.12. The average Bonchev–Trinajstić information content (AvgIpc) is 3.40. The van der Waals surface area contributed by atoms with Crippen molar-refractivity contribution in [1.82, 2.24) is 10.2 Å². The number of amides is 2. The molecule has 0 aromatic heterocycles.